The van der Waals surface area contributed by atoms with E-state index in [4.69, 9.17) is 5.11 Å². The van der Waals surface area contributed by atoms with E-state index in [9.17, 15) is 4.79 Å². The number of amides is 2. The van der Waals surface area contributed by atoms with Gasteiger partial charge in [0.25, 0.3) is 0 Å². The first-order valence-electron chi connectivity index (χ1n) is 7.59. The van der Waals surface area contributed by atoms with E-state index in [1.165, 1.54) is 16.9 Å². The Labute approximate surface area is 140 Å². The number of anilines is 1. The van der Waals surface area contributed by atoms with Crippen molar-refractivity contribution in [3.63, 3.8) is 0 Å². The molecule has 23 heavy (non-hydrogen) atoms. The normalized spacial score (nSPS) is 11.3. The average molecular weight is 333 g/mol. The molecule has 0 saturated heterocycles. The van der Waals surface area contributed by atoms with E-state index in [-0.39, 0.29) is 18.1 Å². The molecule has 0 fully saturated rings. The Bertz CT molecular complexity index is 667. The SMILES string of the molecule is Cc1ccccc1-c1cnc(NC(=O)NCC(C)(C)CCO)s1. The summed E-state index contributed by atoms with van der Waals surface area (Å²) < 4.78 is 0. The Morgan fingerprint density at radius 2 is 2.09 bits per heavy atom. The number of hydrogen-bond donors (Lipinski definition) is 3. The van der Waals surface area contributed by atoms with Crippen LogP contribution in [-0.4, -0.2) is 29.3 Å². The van der Waals surface area contributed by atoms with Crippen LogP contribution < -0.4 is 10.6 Å². The fraction of sp³-hybridized carbons (Fsp3) is 0.412. The summed E-state index contributed by atoms with van der Waals surface area (Å²) in [7, 11) is 0. The van der Waals surface area contributed by atoms with E-state index in [1.807, 2.05) is 32.0 Å². The van der Waals surface area contributed by atoms with Gasteiger partial charge in [-0.15, -0.1) is 0 Å². The highest BCUT2D eigenvalue weighted by Gasteiger charge is 2.18. The molecule has 2 aromatic rings. The Balaban J connectivity index is 1.94. The molecule has 0 saturated carbocycles. The van der Waals surface area contributed by atoms with Crippen molar-refractivity contribution in [3.05, 3.63) is 36.0 Å². The molecule has 124 valence electrons. The Hall–Kier alpha value is -1.92. The van der Waals surface area contributed by atoms with Crippen molar-refractivity contribution in [1.29, 1.82) is 0 Å². The zero-order valence-electron chi connectivity index (χ0n) is 13.7. The highest BCUT2D eigenvalue weighted by molar-refractivity contribution is 7.19. The van der Waals surface area contributed by atoms with Crippen LogP contribution in [-0.2, 0) is 0 Å². The zero-order chi connectivity index (χ0) is 16.9. The van der Waals surface area contributed by atoms with Crippen molar-refractivity contribution in [2.45, 2.75) is 27.2 Å². The molecule has 0 radical (unpaired) electrons. The third-order valence-electron chi connectivity index (χ3n) is 3.65. The molecule has 0 spiro atoms. The minimum Gasteiger partial charge on any atom is -0.396 e. The molecule has 1 heterocycles. The number of carbonyl (C=O) groups excluding carboxylic acids is 1. The number of aryl methyl sites for hydroxylation is 1. The third kappa shape index (κ3) is 5.04. The molecular weight excluding hydrogens is 310 g/mol. The molecule has 0 atom stereocenters. The number of carbonyl (C=O) groups is 1. The number of aliphatic hydroxyl groups is 1. The Kier molecular flexibility index (Phi) is 5.74. The minimum absolute atomic E-state index is 0.114. The average Bonchev–Trinajstić information content (AvgIpc) is 2.94. The minimum atomic E-state index is -0.276. The van der Waals surface area contributed by atoms with Gasteiger partial charge in [0.15, 0.2) is 5.13 Å². The van der Waals surface area contributed by atoms with E-state index < -0.39 is 0 Å². The number of aromatic nitrogens is 1. The summed E-state index contributed by atoms with van der Waals surface area (Å²) in [5.41, 5.74) is 2.17. The van der Waals surface area contributed by atoms with Crippen molar-refractivity contribution in [3.8, 4) is 10.4 Å². The topological polar surface area (TPSA) is 74.2 Å². The predicted molar refractivity (Wildman–Crippen MR) is 94.8 cm³/mol. The fourth-order valence-corrected chi connectivity index (χ4v) is 3.06. The molecule has 3 N–H and O–H groups in total. The number of benzene rings is 1. The molecule has 2 rings (SSSR count). The van der Waals surface area contributed by atoms with Gasteiger partial charge in [-0.05, 0) is 29.9 Å². The number of aliphatic hydroxyl groups excluding tert-OH is 1. The second-order valence-corrected chi connectivity index (χ2v) is 7.32. The number of hydrogen-bond acceptors (Lipinski definition) is 4. The monoisotopic (exact) mass is 333 g/mol. The van der Waals surface area contributed by atoms with Gasteiger partial charge >= 0.3 is 6.03 Å². The summed E-state index contributed by atoms with van der Waals surface area (Å²) in [6, 6.07) is 7.81. The molecule has 6 heteroatoms. The third-order valence-corrected chi connectivity index (χ3v) is 4.60. The van der Waals surface area contributed by atoms with Gasteiger partial charge < -0.3 is 10.4 Å². The lowest BCUT2D eigenvalue weighted by molar-refractivity contribution is 0.204. The van der Waals surface area contributed by atoms with Crippen LogP contribution in [0.4, 0.5) is 9.93 Å². The number of rotatable bonds is 6. The maximum atomic E-state index is 12.0. The van der Waals surface area contributed by atoms with Crippen LogP contribution in [0.25, 0.3) is 10.4 Å². The van der Waals surface area contributed by atoms with Crippen LogP contribution in [0.1, 0.15) is 25.8 Å². The standard InChI is InChI=1S/C17H23N3O2S/c1-12-6-4-5-7-13(12)14-10-18-16(23-14)20-15(22)19-11-17(2,3)8-9-21/h4-7,10,21H,8-9,11H2,1-3H3,(H2,18,19,20,22). The van der Waals surface area contributed by atoms with Crippen molar-refractivity contribution in [2.75, 3.05) is 18.5 Å². The van der Waals surface area contributed by atoms with Crippen molar-refractivity contribution >= 4 is 22.5 Å². The van der Waals surface area contributed by atoms with E-state index in [0.717, 1.165) is 10.4 Å². The maximum Gasteiger partial charge on any atom is 0.321 e. The first kappa shape index (κ1) is 17.4. The smallest absolute Gasteiger partial charge is 0.321 e. The summed E-state index contributed by atoms with van der Waals surface area (Å²) in [5, 5.41) is 15.2. The quantitative estimate of drug-likeness (QED) is 0.755. The fourth-order valence-electron chi connectivity index (χ4n) is 2.16. The van der Waals surface area contributed by atoms with Gasteiger partial charge in [0, 0.05) is 19.3 Å². The van der Waals surface area contributed by atoms with Gasteiger partial charge in [-0.25, -0.2) is 9.78 Å². The molecule has 2 amide bonds. The molecular formula is C17H23N3O2S. The Morgan fingerprint density at radius 1 is 1.35 bits per heavy atom. The van der Waals surface area contributed by atoms with Crippen LogP contribution in [0, 0.1) is 12.3 Å². The van der Waals surface area contributed by atoms with Crippen molar-refractivity contribution in [2.24, 2.45) is 5.41 Å². The van der Waals surface area contributed by atoms with Gasteiger partial charge in [-0.2, -0.15) is 0 Å². The van der Waals surface area contributed by atoms with Crippen LogP contribution in [0.3, 0.4) is 0 Å². The summed E-state index contributed by atoms with van der Waals surface area (Å²) >= 11 is 1.45. The number of thiazole rings is 1. The van der Waals surface area contributed by atoms with Crippen LogP contribution in [0.15, 0.2) is 30.5 Å². The van der Waals surface area contributed by atoms with Gasteiger partial charge in [0.2, 0.25) is 0 Å². The summed E-state index contributed by atoms with van der Waals surface area (Å²) in [6.07, 6.45) is 2.42. The predicted octanol–water partition coefficient (Wildman–Crippen LogP) is 3.65. The van der Waals surface area contributed by atoms with Crippen LogP contribution >= 0.6 is 11.3 Å². The molecule has 1 aromatic carbocycles. The molecule has 0 aliphatic rings. The largest absolute Gasteiger partial charge is 0.396 e. The molecule has 0 bridgehead atoms. The van der Waals surface area contributed by atoms with E-state index >= 15 is 0 Å². The zero-order valence-corrected chi connectivity index (χ0v) is 14.5. The first-order valence-corrected chi connectivity index (χ1v) is 8.40. The summed E-state index contributed by atoms with van der Waals surface area (Å²) in [5.74, 6) is 0. The van der Waals surface area contributed by atoms with Gasteiger partial charge in [0.1, 0.15) is 0 Å². The number of nitrogens with zero attached hydrogens (tertiary/aromatic N) is 1. The summed E-state index contributed by atoms with van der Waals surface area (Å²) in [6.45, 7) is 6.67. The van der Waals surface area contributed by atoms with Crippen molar-refractivity contribution < 1.29 is 9.90 Å². The van der Waals surface area contributed by atoms with Crippen LogP contribution in [0.5, 0.6) is 0 Å². The molecule has 0 aliphatic heterocycles. The second kappa shape index (κ2) is 7.57. The molecule has 1 aromatic heterocycles. The molecule has 0 aliphatic carbocycles. The van der Waals surface area contributed by atoms with E-state index in [0.29, 0.717) is 18.1 Å². The van der Waals surface area contributed by atoms with E-state index in [1.54, 1.807) is 6.20 Å². The number of nitrogens with one attached hydrogen (secondary N) is 2. The maximum absolute atomic E-state index is 12.0. The van der Waals surface area contributed by atoms with Gasteiger partial charge in [-0.3, -0.25) is 5.32 Å². The van der Waals surface area contributed by atoms with Gasteiger partial charge in [0.05, 0.1) is 4.88 Å². The van der Waals surface area contributed by atoms with Crippen LogP contribution in [0.2, 0.25) is 0 Å². The number of urea groups is 1. The summed E-state index contributed by atoms with van der Waals surface area (Å²) in [4.78, 5) is 17.2. The van der Waals surface area contributed by atoms with E-state index in [2.05, 4.69) is 28.6 Å². The lowest BCUT2D eigenvalue weighted by atomic mass is 9.90. The highest BCUT2D eigenvalue weighted by atomic mass is 32.1. The lowest BCUT2D eigenvalue weighted by Crippen LogP contribution is -2.37. The second-order valence-electron chi connectivity index (χ2n) is 6.29. The van der Waals surface area contributed by atoms with Crippen molar-refractivity contribution in [1.82, 2.24) is 10.3 Å². The highest BCUT2D eigenvalue weighted by Crippen LogP contribution is 2.30. The lowest BCUT2D eigenvalue weighted by Gasteiger charge is -2.23. The first-order chi connectivity index (χ1) is 10.9. The Morgan fingerprint density at radius 3 is 2.78 bits per heavy atom. The van der Waals surface area contributed by atoms with Gasteiger partial charge in [-0.1, -0.05) is 49.4 Å². The molecule has 0 unspecified atom stereocenters. The molecule has 5 nitrogen and oxygen atoms in total.